The summed E-state index contributed by atoms with van der Waals surface area (Å²) in [4.78, 5) is 6.98. The van der Waals surface area contributed by atoms with Crippen LogP contribution < -0.4 is 4.90 Å². The summed E-state index contributed by atoms with van der Waals surface area (Å²) >= 11 is 1.85. The first kappa shape index (κ1) is 27.8. The molecule has 10 aromatic rings. The van der Waals surface area contributed by atoms with Crippen LogP contribution >= 0.6 is 11.3 Å². The summed E-state index contributed by atoms with van der Waals surface area (Å²) in [5.74, 6) is 0. The average Bonchev–Trinajstić information content (AvgIpc) is 3.79. The number of nitrogens with zero attached hydrogens (tertiary/aromatic N) is 2. The van der Waals surface area contributed by atoms with Crippen molar-refractivity contribution in [3.63, 3.8) is 0 Å². The predicted octanol–water partition coefficient (Wildman–Crippen LogP) is 13.3. The molecule has 3 heterocycles. The lowest BCUT2D eigenvalue weighted by atomic mass is 9.95. The first-order chi connectivity index (χ1) is 24.3. The number of rotatable bonds is 5. The highest BCUT2D eigenvalue weighted by molar-refractivity contribution is 7.26. The van der Waals surface area contributed by atoms with Crippen molar-refractivity contribution in [1.29, 1.82) is 0 Å². The van der Waals surface area contributed by atoms with E-state index >= 15 is 0 Å². The molecule has 0 aliphatic heterocycles. The second-order valence-corrected chi connectivity index (χ2v) is 13.5. The summed E-state index contributed by atoms with van der Waals surface area (Å²) in [7, 11) is 0. The van der Waals surface area contributed by atoms with Crippen molar-refractivity contribution in [3.05, 3.63) is 170 Å². The molecule has 3 aromatic heterocycles. The number of benzene rings is 7. The number of pyridine rings is 1. The van der Waals surface area contributed by atoms with Crippen LogP contribution in [0.4, 0.5) is 17.1 Å². The third-order valence-electron chi connectivity index (χ3n) is 9.55. The van der Waals surface area contributed by atoms with E-state index < -0.39 is 0 Å². The molecule has 4 heteroatoms. The van der Waals surface area contributed by atoms with E-state index in [1.54, 1.807) is 6.26 Å². The van der Waals surface area contributed by atoms with E-state index in [2.05, 4.69) is 149 Å². The fourth-order valence-corrected chi connectivity index (χ4v) is 8.37. The van der Waals surface area contributed by atoms with Crippen LogP contribution in [0.3, 0.4) is 0 Å². The van der Waals surface area contributed by atoms with E-state index in [1.165, 1.54) is 52.8 Å². The van der Waals surface area contributed by atoms with Gasteiger partial charge in [-0.25, -0.2) is 0 Å². The van der Waals surface area contributed by atoms with Gasteiger partial charge in [0.15, 0.2) is 0 Å². The summed E-state index contributed by atoms with van der Waals surface area (Å²) in [6.45, 7) is 0. The Morgan fingerprint density at radius 1 is 0.490 bits per heavy atom. The highest BCUT2D eigenvalue weighted by Gasteiger charge is 2.18. The summed E-state index contributed by atoms with van der Waals surface area (Å²) < 4.78 is 8.27. The minimum absolute atomic E-state index is 0.873. The zero-order valence-corrected chi connectivity index (χ0v) is 27.2. The molecule has 0 N–H and O–H groups in total. The molecule has 0 saturated carbocycles. The standard InChI is InChI=1S/C45H28N2OS/c1-2-10-37-29(7-1)14-15-30-25-31(16-19-38(30)37)39-11-6-13-44-45(39)40-28-36(18-21-43(40)49-44)47(35-17-20-42-33(27-35)22-24-48-42)34-9-5-8-32(26-34)41-12-3-4-23-46-41/h1-28H. The summed E-state index contributed by atoms with van der Waals surface area (Å²) in [6, 6.07) is 56.7. The van der Waals surface area contributed by atoms with E-state index in [9.17, 15) is 0 Å². The van der Waals surface area contributed by atoms with E-state index in [4.69, 9.17) is 4.42 Å². The van der Waals surface area contributed by atoms with Crippen LogP contribution in [-0.4, -0.2) is 4.98 Å². The monoisotopic (exact) mass is 644 g/mol. The Labute approximate surface area is 286 Å². The number of aromatic nitrogens is 1. The summed E-state index contributed by atoms with van der Waals surface area (Å²) in [5.41, 5.74) is 8.58. The van der Waals surface area contributed by atoms with E-state index in [1.807, 2.05) is 35.7 Å². The van der Waals surface area contributed by atoms with E-state index in [-0.39, 0.29) is 0 Å². The maximum absolute atomic E-state index is 5.71. The van der Waals surface area contributed by atoms with Gasteiger partial charge in [0.2, 0.25) is 0 Å². The molecular weight excluding hydrogens is 617 g/mol. The van der Waals surface area contributed by atoms with Crippen LogP contribution in [0.5, 0.6) is 0 Å². The van der Waals surface area contributed by atoms with Gasteiger partial charge in [0, 0.05) is 54.4 Å². The molecule has 0 saturated heterocycles. The largest absolute Gasteiger partial charge is 0.464 e. The third kappa shape index (κ3) is 4.68. The highest BCUT2D eigenvalue weighted by atomic mass is 32.1. The Morgan fingerprint density at radius 3 is 2.29 bits per heavy atom. The quantitative estimate of drug-likeness (QED) is 0.175. The lowest BCUT2D eigenvalue weighted by molar-refractivity contribution is 0.616. The molecule has 230 valence electrons. The maximum Gasteiger partial charge on any atom is 0.133 e. The van der Waals surface area contributed by atoms with Gasteiger partial charge >= 0.3 is 0 Å². The molecule has 10 rings (SSSR count). The molecule has 0 bridgehead atoms. The van der Waals surface area contributed by atoms with Crippen LogP contribution in [0, 0.1) is 0 Å². The van der Waals surface area contributed by atoms with Crippen molar-refractivity contribution in [2.75, 3.05) is 4.90 Å². The first-order valence-electron chi connectivity index (χ1n) is 16.4. The number of hydrogen-bond donors (Lipinski definition) is 0. The average molecular weight is 645 g/mol. The smallest absolute Gasteiger partial charge is 0.133 e. The maximum atomic E-state index is 5.71. The van der Waals surface area contributed by atoms with Crippen molar-refractivity contribution in [3.8, 4) is 22.4 Å². The Balaban J connectivity index is 1.17. The minimum atomic E-state index is 0.873. The van der Waals surface area contributed by atoms with Crippen molar-refractivity contribution >= 4 is 81.1 Å². The predicted molar refractivity (Wildman–Crippen MR) is 207 cm³/mol. The highest BCUT2D eigenvalue weighted by Crippen LogP contribution is 2.45. The van der Waals surface area contributed by atoms with Gasteiger partial charge in [-0.2, -0.15) is 0 Å². The SMILES string of the molecule is c1ccc(-c2cccc(N(c3ccc4occc4c3)c3ccc4sc5cccc(-c6ccc7c(ccc8ccccc87)c6)c5c4c3)c2)nc1. The molecule has 7 aromatic carbocycles. The molecule has 0 radical (unpaired) electrons. The van der Waals surface area contributed by atoms with Gasteiger partial charge < -0.3 is 9.32 Å². The van der Waals surface area contributed by atoms with Crippen LogP contribution in [-0.2, 0) is 0 Å². The Hall–Kier alpha value is -6.23. The van der Waals surface area contributed by atoms with Gasteiger partial charge in [0.05, 0.1) is 12.0 Å². The summed E-state index contributed by atoms with van der Waals surface area (Å²) in [6.07, 6.45) is 3.60. The summed E-state index contributed by atoms with van der Waals surface area (Å²) in [5, 5.41) is 8.70. The number of furan rings is 1. The van der Waals surface area contributed by atoms with Gasteiger partial charge in [0.1, 0.15) is 5.58 Å². The van der Waals surface area contributed by atoms with Gasteiger partial charge in [-0.1, -0.05) is 78.9 Å². The van der Waals surface area contributed by atoms with Crippen LogP contribution in [0.25, 0.3) is 75.1 Å². The first-order valence-corrected chi connectivity index (χ1v) is 17.2. The number of hydrogen-bond acceptors (Lipinski definition) is 4. The number of thiophene rings is 1. The molecule has 0 atom stereocenters. The molecule has 0 aliphatic rings. The number of fused-ring (bicyclic) bond motifs is 7. The molecular formula is C45H28N2OS. The minimum Gasteiger partial charge on any atom is -0.464 e. The Morgan fingerprint density at radius 2 is 1.33 bits per heavy atom. The molecule has 0 fully saturated rings. The van der Waals surface area contributed by atoms with Crippen molar-refractivity contribution in [1.82, 2.24) is 4.98 Å². The second-order valence-electron chi connectivity index (χ2n) is 12.4. The molecule has 0 spiro atoms. The number of anilines is 3. The van der Waals surface area contributed by atoms with Gasteiger partial charge in [-0.3, -0.25) is 4.98 Å². The van der Waals surface area contributed by atoms with Crippen LogP contribution in [0.2, 0.25) is 0 Å². The van der Waals surface area contributed by atoms with E-state index in [0.717, 1.165) is 39.3 Å². The van der Waals surface area contributed by atoms with E-state index in [0.29, 0.717) is 0 Å². The lowest BCUT2D eigenvalue weighted by Gasteiger charge is -2.26. The van der Waals surface area contributed by atoms with Gasteiger partial charge in [-0.05, 0) is 112 Å². The Bertz CT molecular complexity index is 2850. The fraction of sp³-hybridized carbons (Fsp3) is 0. The molecule has 0 unspecified atom stereocenters. The Kier molecular flexibility index (Phi) is 6.36. The molecule has 49 heavy (non-hydrogen) atoms. The molecule has 3 nitrogen and oxygen atoms in total. The fourth-order valence-electron chi connectivity index (χ4n) is 7.25. The zero-order chi connectivity index (χ0) is 32.3. The topological polar surface area (TPSA) is 29.3 Å². The van der Waals surface area contributed by atoms with Gasteiger partial charge in [0.25, 0.3) is 0 Å². The van der Waals surface area contributed by atoms with Crippen LogP contribution in [0.1, 0.15) is 0 Å². The van der Waals surface area contributed by atoms with Crippen molar-refractivity contribution < 1.29 is 4.42 Å². The van der Waals surface area contributed by atoms with Crippen LogP contribution in [0.15, 0.2) is 175 Å². The molecule has 0 aliphatic carbocycles. The van der Waals surface area contributed by atoms with Crippen molar-refractivity contribution in [2.45, 2.75) is 0 Å². The molecule has 0 amide bonds. The zero-order valence-electron chi connectivity index (χ0n) is 26.4. The lowest BCUT2D eigenvalue weighted by Crippen LogP contribution is -2.10. The normalized spacial score (nSPS) is 11.7. The third-order valence-corrected chi connectivity index (χ3v) is 10.7. The second kappa shape index (κ2) is 11.2. The van der Waals surface area contributed by atoms with Crippen molar-refractivity contribution in [2.24, 2.45) is 0 Å². The van der Waals surface area contributed by atoms with Gasteiger partial charge in [-0.15, -0.1) is 11.3 Å².